The number of aromatic nitrogens is 1. The first kappa shape index (κ1) is 29.6. The maximum atomic E-state index is 13.5. The first-order valence-corrected chi connectivity index (χ1v) is 13.6. The van der Waals surface area contributed by atoms with Gasteiger partial charge in [0.05, 0.1) is 6.10 Å². The van der Waals surface area contributed by atoms with Gasteiger partial charge in [0, 0.05) is 36.1 Å². The number of β-amino-alcohol motifs (C(OH)–C–C–N with tert-alkyl or cyclic N) is 1. The number of likely N-dealkylation sites (tertiary alicyclic amines) is 2. The summed E-state index contributed by atoms with van der Waals surface area (Å²) in [5, 5.41) is 18.4. The summed E-state index contributed by atoms with van der Waals surface area (Å²) < 4.78 is 31.7. The maximum Gasteiger partial charge on any atom is 0.490 e. The number of amides is 1. The number of carboxylic acids is 1. The highest BCUT2D eigenvalue weighted by Gasteiger charge is 2.38. The van der Waals surface area contributed by atoms with Crippen molar-refractivity contribution in [2.45, 2.75) is 64.3 Å². The molecule has 2 saturated heterocycles. The minimum absolute atomic E-state index is 0.0189. The number of H-pyrrole nitrogens is 1. The van der Waals surface area contributed by atoms with Crippen molar-refractivity contribution in [1.82, 2.24) is 14.8 Å². The number of aliphatic hydroxyl groups excluding tert-OH is 1. The number of carboxylic acid groups (broad SMARTS) is 1. The van der Waals surface area contributed by atoms with E-state index in [9.17, 15) is 23.1 Å². The molecule has 0 bridgehead atoms. The highest BCUT2D eigenvalue weighted by molar-refractivity contribution is 6.01. The van der Waals surface area contributed by atoms with Crippen LogP contribution in [0.15, 0.2) is 42.5 Å². The Hall–Kier alpha value is -3.37. The molecule has 1 unspecified atom stereocenters. The summed E-state index contributed by atoms with van der Waals surface area (Å²) in [7, 11) is 0. The average Bonchev–Trinajstić information content (AvgIpc) is 3.27. The van der Waals surface area contributed by atoms with Crippen LogP contribution >= 0.6 is 0 Å². The molecular formula is C30H36F3N3O4. The number of aromatic amines is 1. The molecule has 2 aromatic carbocycles. The monoisotopic (exact) mass is 559 g/mol. The van der Waals surface area contributed by atoms with Gasteiger partial charge >= 0.3 is 12.1 Å². The molecule has 3 heterocycles. The summed E-state index contributed by atoms with van der Waals surface area (Å²) in [4.78, 5) is 30.1. The van der Waals surface area contributed by atoms with Crippen LogP contribution in [0.25, 0.3) is 10.9 Å². The summed E-state index contributed by atoms with van der Waals surface area (Å²) >= 11 is 0. The van der Waals surface area contributed by atoms with Gasteiger partial charge in [-0.15, -0.1) is 0 Å². The molecule has 216 valence electrons. The summed E-state index contributed by atoms with van der Waals surface area (Å²) in [5.74, 6) is -2.13. The van der Waals surface area contributed by atoms with Crippen molar-refractivity contribution < 1.29 is 33.0 Å². The van der Waals surface area contributed by atoms with Gasteiger partial charge in [-0.1, -0.05) is 36.4 Å². The third-order valence-electron chi connectivity index (χ3n) is 7.87. The number of benzene rings is 2. The van der Waals surface area contributed by atoms with Crippen molar-refractivity contribution in [3.63, 3.8) is 0 Å². The quantitative estimate of drug-likeness (QED) is 0.398. The minimum atomic E-state index is -5.08. The average molecular weight is 560 g/mol. The fourth-order valence-electron chi connectivity index (χ4n) is 5.92. The van der Waals surface area contributed by atoms with E-state index < -0.39 is 18.2 Å². The number of hydrogen-bond donors (Lipinski definition) is 3. The fraction of sp³-hybridized carbons (Fsp3) is 0.467. The van der Waals surface area contributed by atoms with E-state index in [1.54, 1.807) is 0 Å². The number of rotatable bonds is 4. The highest BCUT2D eigenvalue weighted by atomic mass is 19.4. The molecule has 2 aliphatic heterocycles. The zero-order chi connectivity index (χ0) is 29.0. The van der Waals surface area contributed by atoms with E-state index >= 15 is 0 Å². The van der Waals surface area contributed by atoms with Crippen molar-refractivity contribution in [2.24, 2.45) is 0 Å². The summed E-state index contributed by atoms with van der Waals surface area (Å²) in [6.07, 6.45) is -1.57. The van der Waals surface area contributed by atoms with Crippen LogP contribution in [0.2, 0.25) is 0 Å². The topological polar surface area (TPSA) is 96.9 Å². The van der Waals surface area contributed by atoms with Crippen LogP contribution in [0.5, 0.6) is 0 Å². The molecule has 0 spiro atoms. The molecule has 10 heteroatoms. The predicted molar refractivity (Wildman–Crippen MR) is 146 cm³/mol. The smallest absolute Gasteiger partial charge is 0.475 e. The van der Waals surface area contributed by atoms with Gasteiger partial charge in [-0.05, 0) is 81.3 Å². The second kappa shape index (κ2) is 12.4. The van der Waals surface area contributed by atoms with Gasteiger partial charge in [0.15, 0.2) is 0 Å². The molecule has 3 N–H and O–H groups in total. The first-order chi connectivity index (χ1) is 19.0. The van der Waals surface area contributed by atoms with Crippen molar-refractivity contribution in [3.8, 4) is 0 Å². The van der Waals surface area contributed by atoms with Crippen LogP contribution in [-0.4, -0.2) is 75.3 Å². The molecule has 0 radical (unpaired) electrons. The lowest BCUT2D eigenvalue weighted by molar-refractivity contribution is -0.192. The molecule has 5 rings (SSSR count). The number of alkyl halides is 3. The number of aliphatic carboxylic acids is 1. The first-order valence-electron chi connectivity index (χ1n) is 13.6. The van der Waals surface area contributed by atoms with Gasteiger partial charge < -0.3 is 20.1 Å². The normalized spacial score (nSPS) is 18.9. The summed E-state index contributed by atoms with van der Waals surface area (Å²) in [6, 6.07) is 14.8. The molecule has 40 heavy (non-hydrogen) atoms. The van der Waals surface area contributed by atoms with Gasteiger partial charge in [-0.3, -0.25) is 9.69 Å². The van der Waals surface area contributed by atoms with Crippen LogP contribution in [0, 0.1) is 13.8 Å². The van der Waals surface area contributed by atoms with Gasteiger partial charge in [-0.2, -0.15) is 13.2 Å². The van der Waals surface area contributed by atoms with Crippen molar-refractivity contribution >= 4 is 22.8 Å². The second-order valence-corrected chi connectivity index (χ2v) is 10.7. The van der Waals surface area contributed by atoms with E-state index in [1.807, 2.05) is 23.1 Å². The Bertz CT molecular complexity index is 1330. The molecule has 1 aromatic heterocycles. The Labute approximate surface area is 231 Å². The number of fused-ring (bicyclic) bond motifs is 1. The number of carbonyl (C=O) groups excluding carboxylic acids is 1. The van der Waals surface area contributed by atoms with Gasteiger partial charge in [-0.25, -0.2) is 4.79 Å². The predicted octanol–water partition coefficient (Wildman–Crippen LogP) is 5.39. The Morgan fingerprint density at radius 3 is 2.20 bits per heavy atom. The van der Waals surface area contributed by atoms with Crippen LogP contribution < -0.4 is 0 Å². The number of carbonyl (C=O) groups is 2. The molecule has 1 amide bonds. The lowest BCUT2D eigenvalue weighted by atomic mass is 9.84. The molecule has 0 saturated carbocycles. The van der Waals surface area contributed by atoms with E-state index in [4.69, 9.17) is 9.90 Å². The Morgan fingerprint density at radius 2 is 1.60 bits per heavy atom. The number of nitrogens with one attached hydrogen (secondary N) is 1. The highest BCUT2D eigenvalue weighted by Crippen LogP contribution is 2.34. The summed E-state index contributed by atoms with van der Waals surface area (Å²) in [6.45, 7) is 8.45. The van der Waals surface area contributed by atoms with Gasteiger partial charge in [0.1, 0.15) is 5.69 Å². The number of nitrogens with zero attached hydrogens (tertiary/aromatic N) is 2. The van der Waals surface area contributed by atoms with Crippen molar-refractivity contribution in [2.75, 3.05) is 26.2 Å². The zero-order valence-corrected chi connectivity index (χ0v) is 22.8. The number of hydrogen-bond acceptors (Lipinski definition) is 4. The molecular weight excluding hydrogens is 523 g/mol. The van der Waals surface area contributed by atoms with E-state index in [0.717, 1.165) is 61.8 Å². The largest absolute Gasteiger partial charge is 0.490 e. The standard InChI is InChI=1S/C28H35N3O2.C2HF3O2/c1-19-7-5-8-20(2)26(19)21-12-15-30(16-13-21)18-24-23-10-3-4-11-25(23)29-27(24)28(33)31-14-6-9-22(32)17-31;3-2(4,5)1(6)7/h3-5,7-8,10-11,21-22,29,32H,6,9,12-18H2,1-2H3;(H,6,7). The Kier molecular flexibility index (Phi) is 9.20. The molecule has 3 aromatic rings. The van der Waals surface area contributed by atoms with Crippen molar-refractivity contribution in [1.29, 1.82) is 0 Å². The van der Waals surface area contributed by atoms with E-state index in [0.29, 0.717) is 24.7 Å². The lowest BCUT2D eigenvalue weighted by Crippen LogP contribution is -2.42. The molecule has 1 atom stereocenters. The number of aryl methyl sites for hydroxylation is 2. The third kappa shape index (κ3) is 6.85. The number of piperidine rings is 2. The van der Waals surface area contributed by atoms with Gasteiger partial charge in [0.2, 0.25) is 0 Å². The maximum absolute atomic E-state index is 13.5. The van der Waals surface area contributed by atoms with E-state index in [1.165, 1.54) is 16.7 Å². The van der Waals surface area contributed by atoms with Crippen LogP contribution in [0.1, 0.15) is 64.3 Å². The molecule has 2 aliphatic rings. The van der Waals surface area contributed by atoms with Crippen LogP contribution in [0.3, 0.4) is 0 Å². The van der Waals surface area contributed by atoms with E-state index in [-0.39, 0.29) is 5.91 Å². The number of para-hydroxylation sites is 1. The minimum Gasteiger partial charge on any atom is -0.475 e. The third-order valence-corrected chi connectivity index (χ3v) is 7.87. The molecule has 7 nitrogen and oxygen atoms in total. The van der Waals surface area contributed by atoms with Crippen LogP contribution in [-0.2, 0) is 11.3 Å². The number of aliphatic hydroxyl groups is 1. The Morgan fingerprint density at radius 1 is 0.975 bits per heavy atom. The Balaban J connectivity index is 0.000000470. The fourth-order valence-corrected chi connectivity index (χ4v) is 5.92. The summed E-state index contributed by atoms with van der Waals surface area (Å²) in [5.41, 5.74) is 7.15. The SMILES string of the molecule is Cc1cccc(C)c1C1CCN(Cc2c(C(=O)N3CCCC(O)C3)[nH]c3ccccc23)CC1.O=C(O)C(F)(F)F. The van der Waals surface area contributed by atoms with Gasteiger partial charge in [0.25, 0.3) is 5.91 Å². The second-order valence-electron chi connectivity index (χ2n) is 10.7. The lowest BCUT2D eigenvalue weighted by Gasteiger charge is -2.34. The van der Waals surface area contributed by atoms with E-state index in [2.05, 4.69) is 48.0 Å². The number of halogens is 3. The molecule has 0 aliphatic carbocycles. The zero-order valence-electron chi connectivity index (χ0n) is 22.8. The molecule has 2 fully saturated rings. The van der Waals surface area contributed by atoms with Crippen LogP contribution in [0.4, 0.5) is 13.2 Å². The van der Waals surface area contributed by atoms with Crippen molar-refractivity contribution in [3.05, 3.63) is 70.4 Å².